The van der Waals surface area contributed by atoms with Gasteiger partial charge in [0.15, 0.2) is 5.54 Å². The summed E-state index contributed by atoms with van der Waals surface area (Å²) < 4.78 is 11.4. The van der Waals surface area contributed by atoms with Crippen molar-refractivity contribution in [3.05, 3.63) is 47.0 Å². The van der Waals surface area contributed by atoms with Crippen LogP contribution in [-0.2, 0) is 32.7 Å². The number of nitrogens with one attached hydrogen (secondary N) is 3. The van der Waals surface area contributed by atoms with E-state index in [1.54, 1.807) is 12.0 Å². The molecule has 2 aliphatic heterocycles. The lowest BCUT2D eigenvalue weighted by atomic mass is 9.94. The van der Waals surface area contributed by atoms with Crippen LogP contribution >= 0.6 is 0 Å². The summed E-state index contributed by atoms with van der Waals surface area (Å²) in [7, 11) is 1.65. The topological polar surface area (TPSA) is 113 Å². The summed E-state index contributed by atoms with van der Waals surface area (Å²) >= 11 is 0. The summed E-state index contributed by atoms with van der Waals surface area (Å²) in [5.41, 5.74) is 0.507. The quantitative estimate of drug-likeness (QED) is 0.577. The van der Waals surface area contributed by atoms with Gasteiger partial charge in [-0.15, -0.1) is 0 Å². The molecule has 4 amide bonds. The molecule has 1 aliphatic carbocycles. The first-order valence-electron chi connectivity index (χ1n) is 10.5. The van der Waals surface area contributed by atoms with Crippen molar-refractivity contribution in [2.24, 2.45) is 0 Å². The number of hydrogen-bond donors (Lipinski definition) is 3. The zero-order valence-electron chi connectivity index (χ0n) is 17.8. The SMILES string of the molecule is COC1C=CC(CN(C[C@@]2(c3cc4c(o3)CCNCC4)NC(=O)NC2=O)C(C)=O)=CC1. The highest BCUT2D eigenvalue weighted by molar-refractivity contribution is 6.07. The van der Waals surface area contributed by atoms with Crippen molar-refractivity contribution in [2.45, 2.75) is 37.8 Å². The minimum atomic E-state index is -1.46. The predicted molar refractivity (Wildman–Crippen MR) is 112 cm³/mol. The molecule has 1 aromatic rings. The Morgan fingerprint density at radius 3 is 2.77 bits per heavy atom. The molecule has 4 rings (SSSR count). The predicted octanol–water partition coefficient (Wildman–Crippen LogP) is 0.752. The molecule has 1 saturated heterocycles. The summed E-state index contributed by atoms with van der Waals surface area (Å²) in [5, 5.41) is 8.36. The number of ether oxygens (including phenoxy) is 1. The van der Waals surface area contributed by atoms with E-state index in [0.29, 0.717) is 18.7 Å². The third kappa shape index (κ3) is 4.28. The average molecular weight is 428 g/mol. The van der Waals surface area contributed by atoms with Crippen LogP contribution in [0.1, 0.15) is 30.4 Å². The second-order valence-corrected chi connectivity index (χ2v) is 8.15. The van der Waals surface area contributed by atoms with E-state index < -0.39 is 17.5 Å². The Labute approximate surface area is 180 Å². The van der Waals surface area contributed by atoms with E-state index in [4.69, 9.17) is 9.15 Å². The number of hydrogen-bond acceptors (Lipinski definition) is 6. The smallest absolute Gasteiger partial charge is 0.322 e. The molecule has 1 fully saturated rings. The molecule has 3 N–H and O–H groups in total. The largest absolute Gasteiger partial charge is 0.463 e. The zero-order valence-corrected chi connectivity index (χ0v) is 17.8. The van der Waals surface area contributed by atoms with Crippen LogP contribution < -0.4 is 16.0 Å². The van der Waals surface area contributed by atoms with Crippen molar-refractivity contribution in [2.75, 3.05) is 33.3 Å². The minimum Gasteiger partial charge on any atom is -0.463 e. The van der Waals surface area contributed by atoms with Gasteiger partial charge in [-0.05, 0) is 36.6 Å². The summed E-state index contributed by atoms with van der Waals surface area (Å²) in [6, 6.07) is 1.25. The Balaban J connectivity index is 1.62. The Morgan fingerprint density at radius 2 is 2.13 bits per heavy atom. The van der Waals surface area contributed by atoms with Gasteiger partial charge in [0.1, 0.15) is 11.5 Å². The third-order valence-electron chi connectivity index (χ3n) is 6.05. The molecular weight excluding hydrogens is 400 g/mol. The van der Waals surface area contributed by atoms with Gasteiger partial charge < -0.3 is 24.7 Å². The number of imide groups is 1. The molecule has 9 heteroatoms. The molecule has 2 atom stereocenters. The minimum absolute atomic E-state index is 0.0220. The molecule has 3 heterocycles. The van der Waals surface area contributed by atoms with E-state index in [1.807, 2.05) is 24.3 Å². The highest BCUT2D eigenvalue weighted by Gasteiger charge is 2.52. The van der Waals surface area contributed by atoms with Crippen LogP contribution in [0.2, 0.25) is 0 Å². The van der Waals surface area contributed by atoms with E-state index in [2.05, 4.69) is 16.0 Å². The molecule has 0 spiro atoms. The number of urea groups is 1. The third-order valence-corrected chi connectivity index (χ3v) is 6.05. The highest BCUT2D eigenvalue weighted by atomic mass is 16.5. The van der Waals surface area contributed by atoms with E-state index in [9.17, 15) is 14.4 Å². The first kappa shape index (κ1) is 21.3. The van der Waals surface area contributed by atoms with Crippen LogP contribution in [0.15, 0.2) is 34.3 Å². The number of methoxy groups -OCH3 is 1. The van der Waals surface area contributed by atoms with Crippen LogP contribution in [-0.4, -0.2) is 62.1 Å². The maximum atomic E-state index is 13.0. The fraction of sp³-hybridized carbons (Fsp3) is 0.500. The maximum absolute atomic E-state index is 13.0. The van der Waals surface area contributed by atoms with Crippen LogP contribution in [0.3, 0.4) is 0 Å². The van der Waals surface area contributed by atoms with E-state index in [-0.39, 0.29) is 18.6 Å². The van der Waals surface area contributed by atoms with Gasteiger partial charge in [0.25, 0.3) is 5.91 Å². The fourth-order valence-corrected chi connectivity index (χ4v) is 4.23. The number of furan rings is 1. The average Bonchev–Trinajstić information content (AvgIpc) is 3.20. The summed E-state index contributed by atoms with van der Waals surface area (Å²) in [6.07, 6.45) is 8.12. The van der Waals surface area contributed by atoms with Gasteiger partial charge in [-0.1, -0.05) is 18.2 Å². The Morgan fingerprint density at radius 1 is 1.32 bits per heavy atom. The molecule has 1 unspecified atom stereocenters. The summed E-state index contributed by atoms with van der Waals surface area (Å²) in [6.45, 7) is 3.35. The normalized spacial score (nSPS) is 25.4. The van der Waals surface area contributed by atoms with Crippen molar-refractivity contribution in [3.63, 3.8) is 0 Å². The lowest BCUT2D eigenvalue weighted by molar-refractivity contribution is -0.132. The van der Waals surface area contributed by atoms with Crippen molar-refractivity contribution in [1.82, 2.24) is 20.9 Å². The monoisotopic (exact) mass is 428 g/mol. The standard InChI is InChI=1S/C22H28N4O5/c1-14(27)26(12-15-3-5-17(30-2)6-4-15)13-22(20(28)24-21(29)25-22)19-11-16-7-9-23-10-8-18(16)31-19/h3-5,11,17,23H,6-10,12-13H2,1-2H3,(H2,24,25,28,29)/t17?,22-/m0/s1. The molecule has 31 heavy (non-hydrogen) atoms. The lowest BCUT2D eigenvalue weighted by Gasteiger charge is -2.32. The van der Waals surface area contributed by atoms with Crippen molar-refractivity contribution >= 4 is 17.8 Å². The number of rotatable bonds is 6. The number of carbonyl (C=O) groups excluding carboxylic acids is 3. The van der Waals surface area contributed by atoms with Crippen LogP contribution in [0, 0.1) is 0 Å². The number of amides is 4. The van der Waals surface area contributed by atoms with Gasteiger partial charge in [0, 0.05) is 33.5 Å². The molecule has 1 aromatic heterocycles. The molecule has 0 bridgehead atoms. The molecule has 3 aliphatic rings. The second kappa shape index (κ2) is 8.68. The van der Waals surface area contributed by atoms with Crippen LogP contribution in [0.5, 0.6) is 0 Å². The fourth-order valence-electron chi connectivity index (χ4n) is 4.23. The lowest BCUT2D eigenvalue weighted by Crippen LogP contribution is -2.53. The van der Waals surface area contributed by atoms with Gasteiger partial charge in [-0.25, -0.2) is 4.79 Å². The van der Waals surface area contributed by atoms with E-state index in [0.717, 1.165) is 42.8 Å². The molecule has 0 aromatic carbocycles. The Hall–Kier alpha value is -2.91. The van der Waals surface area contributed by atoms with Gasteiger partial charge in [-0.2, -0.15) is 0 Å². The highest BCUT2D eigenvalue weighted by Crippen LogP contribution is 2.32. The summed E-state index contributed by atoms with van der Waals surface area (Å²) in [5.74, 6) is 0.458. The van der Waals surface area contributed by atoms with Crippen molar-refractivity contribution in [1.29, 1.82) is 0 Å². The maximum Gasteiger partial charge on any atom is 0.322 e. The van der Waals surface area contributed by atoms with E-state index >= 15 is 0 Å². The van der Waals surface area contributed by atoms with Crippen LogP contribution in [0.4, 0.5) is 4.79 Å². The number of carbonyl (C=O) groups is 3. The van der Waals surface area contributed by atoms with Gasteiger partial charge in [-0.3, -0.25) is 14.9 Å². The number of fused-ring (bicyclic) bond motifs is 1. The molecule has 0 saturated carbocycles. The Bertz CT molecular complexity index is 926. The van der Waals surface area contributed by atoms with Gasteiger partial charge >= 0.3 is 6.03 Å². The zero-order chi connectivity index (χ0) is 22.0. The van der Waals surface area contributed by atoms with Gasteiger partial charge in [0.2, 0.25) is 5.91 Å². The number of nitrogens with zero attached hydrogens (tertiary/aromatic N) is 1. The Kier molecular flexibility index (Phi) is 5.97. The summed E-state index contributed by atoms with van der Waals surface area (Å²) in [4.78, 5) is 39.1. The molecular formula is C22H28N4O5. The molecule has 9 nitrogen and oxygen atoms in total. The van der Waals surface area contributed by atoms with Gasteiger partial charge in [0.05, 0.1) is 12.6 Å². The van der Waals surface area contributed by atoms with Crippen LogP contribution in [0.25, 0.3) is 0 Å². The second-order valence-electron chi connectivity index (χ2n) is 8.15. The van der Waals surface area contributed by atoms with Crippen molar-refractivity contribution in [3.8, 4) is 0 Å². The first-order chi connectivity index (χ1) is 14.9. The first-order valence-corrected chi connectivity index (χ1v) is 10.5. The van der Waals surface area contributed by atoms with Crippen molar-refractivity contribution < 1.29 is 23.5 Å². The molecule has 166 valence electrons. The van der Waals surface area contributed by atoms with E-state index in [1.165, 1.54) is 6.92 Å². The molecule has 0 radical (unpaired) electrons.